The van der Waals surface area contributed by atoms with Gasteiger partial charge < -0.3 is 14.5 Å². The number of ether oxygens (including phenoxy) is 2. The molecule has 4 rings (SSSR count). The van der Waals surface area contributed by atoms with Gasteiger partial charge in [-0.2, -0.15) is 0 Å². The second-order valence-electron chi connectivity index (χ2n) is 6.95. The molecule has 1 aromatic heterocycles. The molecular formula is C23H21NO4. The Morgan fingerprint density at radius 2 is 1.57 bits per heavy atom. The van der Waals surface area contributed by atoms with Crippen LogP contribution in [-0.2, 0) is 25.5 Å². The minimum atomic E-state index is -1.42. The lowest BCUT2D eigenvalue weighted by atomic mass is 9.80. The van der Waals surface area contributed by atoms with E-state index in [4.69, 9.17) is 9.47 Å². The average molecular weight is 375 g/mol. The van der Waals surface area contributed by atoms with Crippen molar-refractivity contribution in [3.8, 4) is 0 Å². The number of carbonyl (C=O) groups is 2. The van der Waals surface area contributed by atoms with Crippen molar-refractivity contribution < 1.29 is 19.1 Å². The van der Waals surface area contributed by atoms with E-state index in [0.29, 0.717) is 0 Å². The largest absolute Gasteiger partial charge is 0.468 e. The van der Waals surface area contributed by atoms with E-state index < -0.39 is 17.4 Å². The maximum Gasteiger partial charge on any atom is 0.323 e. The third-order valence-electron chi connectivity index (χ3n) is 5.42. The Labute approximate surface area is 163 Å². The van der Waals surface area contributed by atoms with Gasteiger partial charge in [0.1, 0.15) is 0 Å². The summed E-state index contributed by atoms with van der Waals surface area (Å²) in [5.74, 6) is -1.18. The quantitative estimate of drug-likeness (QED) is 0.557. The van der Waals surface area contributed by atoms with Crippen molar-refractivity contribution in [1.82, 2.24) is 4.98 Å². The lowest BCUT2D eigenvalue weighted by molar-refractivity contribution is -0.168. The van der Waals surface area contributed by atoms with Crippen LogP contribution < -0.4 is 0 Å². The Morgan fingerprint density at radius 1 is 0.929 bits per heavy atom. The Bertz CT molecular complexity index is 1060. The van der Waals surface area contributed by atoms with Crippen molar-refractivity contribution in [2.45, 2.75) is 12.8 Å². The first-order valence-corrected chi connectivity index (χ1v) is 9.13. The zero-order valence-corrected chi connectivity index (χ0v) is 15.8. The fourth-order valence-electron chi connectivity index (χ4n) is 4.06. The van der Waals surface area contributed by atoms with E-state index in [0.717, 1.165) is 33.3 Å². The molecule has 1 aliphatic rings. The number of hydrogen-bond acceptors (Lipinski definition) is 4. The highest BCUT2D eigenvalue weighted by molar-refractivity contribution is 6.04. The zero-order chi connectivity index (χ0) is 19.7. The minimum absolute atomic E-state index is 0.184. The van der Waals surface area contributed by atoms with Crippen LogP contribution in [-0.4, -0.2) is 31.1 Å². The van der Waals surface area contributed by atoms with Crippen LogP contribution in [0.5, 0.6) is 0 Å². The fourth-order valence-corrected chi connectivity index (χ4v) is 4.06. The van der Waals surface area contributed by atoms with Gasteiger partial charge in [0.2, 0.25) is 0 Å². The van der Waals surface area contributed by atoms with E-state index in [2.05, 4.69) is 4.98 Å². The number of benzene rings is 2. The lowest BCUT2D eigenvalue weighted by Gasteiger charge is -2.25. The van der Waals surface area contributed by atoms with E-state index in [1.54, 1.807) is 0 Å². The molecule has 1 heterocycles. The summed E-state index contributed by atoms with van der Waals surface area (Å²) < 4.78 is 10.0. The van der Waals surface area contributed by atoms with Crippen molar-refractivity contribution in [1.29, 1.82) is 0 Å². The lowest BCUT2D eigenvalue weighted by Crippen LogP contribution is -2.42. The molecule has 0 radical (unpaired) electrons. The van der Waals surface area contributed by atoms with Gasteiger partial charge in [0.15, 0.2) is 5.41 Å². The number of H-pyrrole nitrogens is 1. The van der Waals surface area contributed by atoms with Gasteiger partial charge in [0.05, 0.1) is 14.2 Å². The van der Waals surface area contributed by atoms with E-state index in [1.807, 2.05) is 60.7 Å². The number of carbonyl (C=O) groups excluding carboxylic acids is 2. The first kappa shape index (κ1) is 18.0. The first-order valence-electron chi connectivity index (χ1n) is 9.13. The SMILES string of the molecule is COC(=O)C1(C(=O)OC)CC=C(c2ccccc2)c2c([nH]c3ccccc23)C1. The van der Waals surface area contributed by atoms with Crippen LogP contribution in [0.15, 0.2) is 60.7 Å². The molecule has 142 valence electrons. The summed E-state index contributed by atoms with van der Waals surface area (Å²) in [6.45, 7) is 0. The van der Waals surface area contributed by atoms with Gasteiger partial charge in [-0.3, -0.25) is 9.59 Å². The van der Waals surface area contributed by atoms with Crippen LogP contribution in [0, 0.1) is 5.41 Å². The first-order chi connectivity index (χ1) is 13.6. The summed E-state index contributed by atoms with van der Waals surface area (Å²) in [5, 5.41) is 1.05. The topological polar surface area (TPSA) is 68.4 Å². The van der Waals surface area contributed by atoms with Crippen LogP contribution in [0.1, 0.15) is 23.2 Å². The highest BCUT2D eigenvalue weighted by Gasteiger charge is 2.49. The Hall–Kier alpha value is -3.34. The summed E-state index contributed by atoms with van der Waals surface area (Å²) in [5.41, 5.74) is 3.39. The smallest absolute Gasteiger partial charge is 0.323 e. The third kappa shape index (κ3) is 2.71. The van der Waals surface area contributed by atoms with Gasteiger partial charge in [-0.05, 0) is 23.6 Å². The molecule has 0 saturated carbocycles. The molecule has 3 aromatic rings. The van der Waals surface area contributed by atoms with Crippen molar-refractivity contribution in [3.63, 3.8) is 0 Å². The molecule has 0 aliphatic heterocycles. The van der Waals surface area contributed by atoms with E-state index in [9.17, 15) is 9.59 Å². The van der Waals surface area contributed by atoms with Gasteiger partial charge >= 0.3 is 11.9 Å². The number of aromatic nitrogens is 1. The maximum atomic E-state index is 12.7. The molecule has 0 saturated heterocycles. The molecule has 0 fully saturated rings. The predicted molar refractivity (Wildman–Crippen MR) is 107 cm³/mol. The average Bonchev–Trinajstić information content (AvgIpc) is 3.00. The van der Waals surface area contributed by atoms with Crippen molar-refractivity contribution in [2.75, 3.05) is 14.2 Å². The van der Waals surface area contributed by atoms with E-state index in [-0.39, 0.29) is 12.8 Å². The normalized spacial score (nSPS) is 15.3. The monoisotopic (exact) mass is 375 g/mol. The van der Waals surface area contributed by atoms with Crippen molar-refractivity contribution >= 4 is 28.4 Å². The second-order valence-corrected chi connectivity index (χ2v) is 6.95. The molecule has 5 heteroatoms. The molecule has 1 aliphatic carbocycles. The summed E-state index contributed by atoms with van der Waals surface area (Å²) in [4.78, 5) is 28.9. The number of aromatic amines is 1. The molecule has 0 atom stereocenters. The Kier molecular flexibility index (Phi) is 4.51. The van der Waals surface area contributed by atoms with Crippen LogP contribution >= 0.6 is 0 Å². The molecular weight excluding hydrogens is 354 g/mol. The predicted octanol–water partition coefficient (Wildman–Crippen LogP) is 3.88. The summed E-state index contributed by atoms with van der Waals surface area (Å²) in [6, 6.07) is 17.9. The number of hydrogen-bond donors (Lipinski definition) is 1. The number of methoxy groups -OCH3 is 2. The molecule has 2 aromatic carbocycles. The van der Waals surface area contributed by atoms with Crippen molar-refractivity contribution in [3.05, 3.63) is 77.5 Å². The van der Waals surface area contributed by atoms with E-state index in [1.165, 1.54) is 14.2 Å². The van der Waals surface area contributed by atoms with E-state index >= 15 is 0 Å². The standard InChI is InChI=1S/C23H21NO4/c1-27-21(25)23(22(26)28-2)13-12-16(15-8-4-3-5-9-15)20-17-10-6-7-11-18(17)24-19(20)14-23/h3-12,24H,13-14H2,1-2H3. The van der Waals surface area contributed by atoms with Crippen molar-refractivity contribution in [2.24, 2.45) is 5.41 Å². The van der Waals surface area contributed by atoms with Crippen LogP contribution in [0.3, 0.4) is 0 Å². The molecule has 0 spiro atoms. The number of rotatable bonds is 3. The second kappa shape index (κ2) is 7.00. The maximum absolute atomic E-state index is 12.7. The number of esters is 2. The van der Waals surface area contributed by atoms with Crippen LogP contribution in [0.25, 0.3) is 16.5 Å². The number of para-hydroxylation sites is 1. The third-order valence-corrected chi connectivity index (χ3v) is 5.42. The highest BCUT2D eigenvalue weighted by atomic mass is 16.5. The Morgan fingerprint density at radius 3 is 2.25 bits per heavy atom. The highest BCUT2D eigenvalue weighted by Crippen LogP contribution is 2.42. The molecule has 28 heavy (non-hydrogen) atoms. The molecule has 5 nitrogen and oxygen atoms in total. The summed E-state index contributed by atoms with van der Waals surface area (Å²) >= 11 is 0. The van der Waals surface area contributed by atoms with Gasteiger partial charge in [-0.25, -0.2) is 0 Å². The Balaban J connectivity index is 2.01. The molecule has 0 amide bonds. The van der Waals surface area contributed by atoms with Gasteiger partial charge in [-0.1, -0.05) is 54.6 Å². The van der Waals surface area contributed by atoms with Gasteiger partial charge in [0.25, 0.3) is 0 Å². The summed E-state index contributed by atoms with van der Waals surface area (Å²) in [7, 11) is 2.59. The number of nitrogens with one attached hydrogen (secondary N) is 1. The molecule has 0 unspecified atom stereocenters. The summed E-state index contributed by atoms with van der Waals surface area (Å²) in [6.07, 6.45) is 2.34. The zero-order valence-electron chi connectivity index (χ0n) is 15.8. The fraction of sp³-hybridized carbons (Fsp3) is 0.217. The van der Waals surface area contributed by atoms with Gasteiger partial charge in [-0.15, -0.1) is 0 Å². The minimum Gasteiger partial charge on any atom is -0.468 e. The van der Waals surface area contributed by atoms with Gasteiger partial charge in [0, 0.05) is 28.6 Å². The van der Waals surface area contributed by atoms with Crippen LogP contribution in [0.4, 0.5) is 0 Å². The number of allylic oxidation sites excluding steroid dienone is 1. The number of fused-ring (bicyclic) bond motifs is 3. The van der Waals surface area contributed by atoms with Crippen LogP contribution in [0.2, 0.25) is 0 Å². The molecule has 1 N–H and O–H groups in total. The molecule has 0 bridgehead atoms.